The minimum Gasteiger partial charge on any atom is -0.367 e. The highest BCUT2D eigenvalue weighted by Gasteiger charge is 2.25. The van der Waals surface area contributed by atoms with Gasteiger partial charge >= 0.3 is 0 Å². The van der Waals surface area contributed by atoms with Crippen molar-refractivity contribution in [3.05, 3.63) is 83.4 Å². The number of fused-ring (bicyclic) bond motifs is 2. The van der Waals surface area contributed by atoms with Gasteiger partial charge in [0.15, 0.2) is 0 Å². The van der Waals surface area contributed by atoms with E-state index in [-0.39, 0.29) is 5.91 Å². The summed E-state index contributed by atoms with van der Waals surface area (Å²) >= 11 is 0. The number of carbonyl (C=O) groups is 1. The molecule has 1 N–H and O–H groups in total. The molecule has 0 radical (unpaired) electrons. The van der Waals surface area contributed by atoms with Gasteiger partial charge in [-0.15, -0.1) is 0 Å². The molecule has 1 saturated heterocycles. The maximum atomic E-state index is 13.3. The van der Waals surface area contributed by atoms with E-state index in [2.05, 4.69) is 35.1 Å². The second-order valence-corrected chi connectivity index (χ2v) is 8.85. The van der Waals surface area contributed by atoms with Gasteiger partial charge in [0, 0.05) is 48.7 Å². The highest BCUT2D eigenvalue weighted by atomic mass is 16.2. The first-order valence-corrected chi connectivity index (χ1v) is 11.1. The fourth-order valence-corrected chi connectivity index (χ4v) is 4.64. The van der Waals surface area contributed by atoms with Crippen LogP contribution >= 0.6 is 0 Å². The zero-order chi connectivity index (χ0) is 22.4. The monoisotopic (exact) mass is 428 g/mol. The van der Waals surface area contributed by atoms with E-state index in [0.717, 1.165) is 52.7 Å². The normalized spacial score (nSPS) is 27.8. The van der Waals surface area contributed by atoms with Crippen molar-refractivity contribution in [2.45, 2.75) is 39.8 Å². The molecule has 32 heavy (non-hydrogen) atoms. The van der Waals surface area contributed by atoms with Gasteiger partial charge in [-0.25, -0.2) is 4.52 Å². The zero-order valence-electron chi connectivity index (χ0n) is 18.9. The molecule has 7 heteroatoms. The molecule has 2 atom stereocenters. The SMILES string of the molecule is Cc1cn2nc(C3=C\C(=O)N4C=C(N5C[C@@H](C)N[C@@H](C)C5)C=C\C4=C/C=C/3)cc2c(C)n1. The molecular formula is C25H28N6O. The highest BCUT2D eigenvalue weighted by Crippen LogP contribution is 2.26. The number of aryl methyl sites for hydroxylation is 2. The van der Waals surface area contributed by atoms with Crippen LogP contribution in [0.3, 0.4) is 0 Å². The van der Waals surface area contributed by atoms with E-state index in [4.69, 9.17) is 5.10 Å². The largest absolute Gasteiger partial charge is 0.367 e. The van der Waals surface area contributed by atoms with Crippen LogP contribution in [0.5, 0.6) is 0 Å². The van der Waals surface area contributed by atoms with E-state index in [9.17, 15) is 4.79 Å². The number of nitrogens with zero attached hydrogens (tertiary/aromatic N) is 5. The molecule has 2 aromatic rings. The van der Waals surface area contributed by atoms with Crippen molar-refractivity contribution in [2.75, 3.05) is 13.1 Å². The Labute approximate surface area is 188 Å². The van der Waals surface area contributed by atoms with Gasteiger partial charge in [-0.2, -0.15) is 5.10 Å². The molecule has 0 unspecified atom stereocenters. The second-order valence-electron chi connectivity index (χ2n) is 8.85. The standard InChI is InChI=1S/C25H28N6O/c1-16-12-29(13-17(2)26-16)22-9-8-21-7-5-6-20(10-25(32)30(21)15-22)23-11-24-19(4)27-18(3)14-31(24)28-23/h5-11,14-17,26H,12-13H2,1-4H3/b6-5+,20-10+,21-7+/t16-,17+. The van der Waals surface area contributed by atoms with Crippen LogP contribution in [0.15, 0.2) is 66.3 Å². The van der Waals surface area contributed by atoms with Gasteiger partial charge in [0.05, 0.1) is 34.5 Å². The Morgan fingerprint density at radius 1 is 1.06 bits per heavy atom. The van der Waals surface area contributed by atoms with Gasteiger partial charge in [-0.1, -0.05) is 12.2 Å². The van der Waals surface area contributed by atoms with Crippen molar-refractivity contribution < 1.29 is 4.79 Å². The summed E-state index contributed by atoms with van der Waals surface area (Å²) in [6.07, 6.45) is 15.5. The van der Waals surface area contributed by atoms with Crippen LogP contribution in [0.25, 0.3) is 11.1 Å². The topological polar surface area (TPSA) is 65.8 Å². The number of nitrogens with one attached hydrogen (secondary N) is 1. The number of amides is 1. The maximum Gasteiger partial charge on any atom is 0.255 e. The summed E-state index contributed by atoms with van der Waals surface area (Å²) in [5.41, 5.74) is 6.21. The third kappa shape index (κ3) is 3.80. The summed E-state index contributed by atoms with van der Waals surface area (Å²) in [6.45, 7) is 10.1. The van der Waals surface area contributed by atoms with Gasteiger partial charge < -0.3 is 10.2 Å². The molecule has 5 rings (SSSR count). The molecule has 0 bridgehead atoms. The Kier molecular flexibility index (Phi) is 5.06. The van der Waals surface area contributed by atoms with Crippen LogP contribution in [0, 0.1) is 13.8 Å². The predicted molar refractivity (Wildman–Crippen MR) is 125 cm³/mol. The first-order chi connectivity index (χ1) is 15.4. The fourth-order valence-electron chi connectivity index (χ4n) is 4.64. The van der Waals surface area contributed by atoms with Crippen LogP contribution in [0.2, 0.25) is 0 Å². The molecule has 0 spiro atoms. The number of rotatable bonds is 2. The number of hydrogen-bond acceptors (Lipinski definition) is 5. The van der Waals surface area contributed by atoms with E-state index in [1.807, 2.05) is 61.1 Å². The minimum atomic E-state index is -0.0863. The summed E-state index contributed by atoms with van der Waals surface area (Å²) in [5, 5.41) is 8.25. The summed E-state index contributed by atoms with van der Waals surface area (Å²) in [5.74, 6) is -0.0863. The third-order valence-corrected chi connectivity index (χ3v) is 6.00. The lowest BCUT2D eigenvalue weighted by Crippen LogP contribution is -2.53. The van der Waals surface area contributed by atoms with Gasteiger partial charge in [0.1, 0.15) is 0 Å². The molecule has 0 aliphatic carbocycles. The maximum absolute atomic E-state index is 13.3. The summed E-state index contributed by atoms with van der Waals surface area (Å²) < 4.78 is 1.83. The smallest absolute Gasteiger partial charge is 0.255 e. The first kappa shape index (κ1) is 20.5. The lowest BCUT2D eigenvalue weighted by atomic mass is 10.1. The average Bonchev–Trinajstić information content (AvgIpc) is 3.15. The van der Waals surface area contributed by atoms with E-state index < -0.39 is 0 Å². The molecule has 2 aromatic heterocycles. The Hall–Kier alpha value is -3.45. The number of hydrogen-bond donors (Lipinski definition) is 1. The molecule has 0 saturated carbocycles. The Balaban J connectivity index is 1.48. The van der Waals surface area contributed by atoms with Crippen molar-refractivity contribution in [2.24, 2.45) is 0 Å². The molecule has 3 aliphatic rings. The third-order valence-electron chi connectivity index (χ3n) is 6.00. The highest BCUT2D eigenvalue weighted by molar-refractivity contribution is 5.99. The number of allylic oxidation sites excluding steroid dienone is 6. The van der Waals surface area contributed by atoms with Crippen LogP contribution < -0.4 is 5.32 Å². The van der Waals surface area contributed by atoms with E-state index in [0.29, 0.717) is 12.1 Å². The second kappa shape index (κ2) is 7.91. The molecule has 1 amide bonds. The molecule has 1 fully saturated rings. The van der Waals surface area contributed by atoms with Crippen LogP contribution in [-0.4, -0.2) is 55.5 Å². The molecule has 3 aliphatic heterocycles. The summed E-state index contributed by atoms with van der Waals surface area (Å²) in [4.78, 5) is 21.9. The Morgan fingerprint density at radius 3 is 2.59 bits per heavy atom. The molecular weight excluding hydrogens is 400 g/mol. The van der Waals surface area contributed by atoms with E-state index in [1.54, 1.807) is 11.0 Å². The van der Waals surface area contributed by atoms with E-state index >= 15 is 0 Å². The van der Waals surface area contributed by atoms with Gasteiger partial charge in [0.2, 0.25) is 0 Å². The van der Waals surface area contributed by atoms with Gasteiger partial charge in [0.25, 0.3) is 5.91 Å². The number of piperazine rings is 1. The molecule has 164 valence electrons. The zero-order valence-corrected chi connectivity index (χ0v) is 18.9. The van der Waals surface area contributed by atoms with Crippen molar-refractivity contribution in [1.29, 1.82) is 0 Å². The van der Waals surface area contributed by atoms with Crippen molar-refractivity contribution in [1.82, 2.24) is 29.7 Å². The lowest BCUT2D eigenvalue weighted by Gasteiger charge is -2.39. The van der Waals surface area contributed by atoms with Crippen LogP contribution in [0.1, 0.15) is 30.9 Å². The van der Waals surface area contributed by atoms with Crippen LogP contribution in [0.4, 0.5) is 0 Å². The molecule has 5 heterocycles. The quantitative estimate of drug-likeness (QED) is 0.796. The number of carbonyl (C=O) groups excluding carboxylic acids is 1. The fraction of sp³-hybridized carbons (Fsp3) is 0.320. The first-order valence-electron chi connectivity index (χ1n) is 11.1. The molecule has 7 nitrogen and oxygen atoms in total. The van der Waals surface area contributed by atoms with Crippen LogP contribution in [-0.2, 0) is 4.79 Å². The Bertz CT molecular complexity index is 1230. The minimum absolute atomic E-state index is 0.0863. The summed E-state index contributed by atoms with van der Waals surface area (Å²) in [6, 6.07) is 2.79. The van der Waals surface area contributed by atoms with Gasteiger partial charge in [-0.05, 0) is 52.0 Å². The van der Waals surface area contributed by atoms with Crippen molar-refractivity contribution in [3.63, 3.8) is 0 Å². The van der Waals surface area contributed by atoms with Crippen molar-refractivity contribution in [3.8, 4) is 0 Å². The average molecular weight is 429 g/mol. The summed E-state index contributed by atoms with van der Waals surface area (Å²) in [7, 11) is 0. The van der Waals surface area contributed by atoms with Gasteiger partial charge in [-0.3, -0.25) is 14.7 Å². The Morgan fingerprint density at radius 2 is 1.81 bits per heavy atom. The predicted octanol–water partition coefficient (Wildman–Crippen LogP) is 3.11. The molecule has 0 aromatic carbocycles. The van der Waals surface area contributed by atoms with Crippen molar-refractivity contribution >= 4 is 17.0 Å². The van der Waals surface area contributed by atoms with E-state index in [1.165, 1.54) is 0 Å². The lowest BCUT2D eigenvalue weighted by molar-refractivity contribution is -0.122. The number of aromatic nitrogens is 3.